The fourth-order valence-corrected chi connectivity index (χ4v) is 3.42. The molecule has 102 valence electrons. The number of halogens is 2. The third-order valence-corrected chi connectivity index (χ3v) is 4.43. The first-order chi connectivity index (χ1) is 9.03. The molecular formula is C15H18ClFN2. The maximum atomic E-state index is 13.9. The van der Waals surface area contributed by atoms with E-state index in [-0.39, 0.29) is 16.7 Å². The lowest BCUT2D eigenvalue weighted by molar-refractivity contribution is 0.328. The van der Waals surface area contributed by atoms with E-state index in [4.69, 9.17) is 11.6 Å². The standard InChI is InChI=1S/C15H18ClFN2/c1-10(16)14-18-13-11(17)6-5-7-12(13)19(14)15(2)8-3-4-9-15/h5-7,10H,3-4,8-9H2,1-2H3. The summed E-state index contributed by atoms with van der Waals surface area (Å²) in [6, 6.07) is 5.15. The summed E-state index contributed by atoms with van der Waals surface area (Å²) in [4.78, 5) is 4.46. The second-order valence-corrected chi connectivity index (χ2v) is 6.39. The third kappa shape index (κ3) is 1.95. The minimum atomic E-state index is -0.267. The van der Waals surface area contributed by atoms with Crippen molar-refractivity contribution in [1.29, 1.82) is 0 Å². The van der Waals surface area contributed by atoms with Crippen LogP contribution in [0, 0.1) is 5.82 Å². The highest BCUT2D eigenvalue weighted by Gasteiger charge is 2.35. The van der Waals surface area contributed by atoms with Crippen LogP contribution in [0.1, 0.15) is 50.7 Å². The van der Waals surface area contributed by atoms with Crippen LogP contribution in [0.5, 0.6) is 0 Å². The Morgan fingerprint density at radius 3 is 2.68 bits per heavy atom. The van der Waals surface area contributed by atoms with Crippen LogP contribution in [0.4, 0.5) is 4.39 Å². The molecule has 1 aliphatic carbocycles. The van der Waals surface area contributed by atoms with Crippen LogP contribution in [-0.2, 0) is 5.54 Å². The van der Waals surface area contributed by atoms with Gasteiger partial charge in [-0.15, -0.1) is 11.6 Å². The van der Waals surface area contributed by atoms with Crippen LogP contribution >= 0.6 is 11.6 Å². The van der Waals surface area contributed by atoms with E-state index in [9.17, 15) is 4.39 Å². The molecule has 0 radical (unpaired) electrons. The summed E-state index contributed by atoms with van der Waals surface area (Å²) in [7, 11) is 0. The van der Waals surface area contributed by atoms with E-state index < -0.39 is 0 Å². The van der Waals surface area contributed by atoms with E-state index in [0.717, 1.165) is 24.2 Å². The van der Waals surface area contributed by atoms with Crippen molar-refractivity contribution in [3.63, 3.8) is 0 Å². The summed E-state index contributed by atoms with van der Waals surface area (Å²) in [5.74, 6) is 0.516. The van der Waals surface area contributed by atoms with Gasteiger partial charge in [0, 0.05) is 5.54 Å². The maximum absolute atomic E-state index is 13.9. The zero-order valence-corrected chi connectivity index (χ0v) is 12.0. The van der Waals surface area contributed by atoms with Crippen LogP contribution in [0.2, 0.25) is 0 Å². The number of nitrogens with zero attached hydrogens (tertiary/aromatic N) is 2. The van der Waals surface area contributed by atoms with E-state index in [2.05, 4.69) is 16.5 Å². The summed E-state index contributed by atoms with van der Waals surface area (Å²) in [6.07, 6.45) is 4.63. The molecule has 4 heteroatoms. The molecule has 1 aliphatic rings. The average Bonchev–Trinajstić information content (AvgIpc) is 2.94. The van der Waals surface area contributed by atoms with Crippen molar-refractivity contribution in [3.8, 4) is 0 Å². The van der Waals surface area contributed by atoms with Gasteiger partial charge in [0.1, 0.15) is 11.3 Å². The fraction of sp³-hybridized carbons (Fsp3) is 0.533. The number of aromatic nitrogens is 2. The molecule has 1 aromatic carbocycles. The van der Waals surface area contributed by atoms with E-state index in [0.29, 0.717) is 5.52 Å². The Balaban J connectivity index is 2.31. The number of hydrogen-bond donors (Lipinski definition) is 0. The fourth-order valence-electron chi connectivity index (χ4n) is 3.28. The number of rotatable bonds is 2. The van der Waals surface area contributed by atoms with Gasteiger partial charge in [-0.3, -0.25) is 0 Å². The van der Waals surface area contributed by atoms with Crippen molar-refractivity contribution in [2.45, 2.75) is 50.4 Å². The summed E-state index contributed by atoms with van der Waals surface area (Å²) in [5, 5.41) is -0.218. The molecule has 3 rings (SSSR count). The van der Waals surface area contributed by atoms with E-state index in [1.807, 2.05) is 13.0 Å². The zero-order chi connectivity index (χ0) is 13.6. The van der Waals surface area contributed by atoms with Gasteiger partial charge in [0.25, 0.3) is 0 Å². The zero-order valence-electron chi connectivity index (χ0n) is 11.3. The Hall–Kier alpha value is -1.09. The molecule has 19 heavy (non-hydrogen) atoms. The number of alkyl halides is 1. The highest BCUT2D eigenvalue weighted by atomic mass is 35.5. The average molecular weight is 281 g/mol. The molecule has 0 aliphatic heterocycles. The van der Waals surface area contributed by atoms with Crippen molar-refractivity contribution >= 4 is 22.6 Å². The first-order valence-corrected chi connectivity index (χ1v) is 7.28. The Bertz CT molecular complexity index is 612. The smallest absolute Gasteiger partial charge is 0.151 e. The second kappa shape index (κ2) is 4.48. The maximum Gasteiger partial charge on any atom is 0.151 e. The molecule has 1 saturated carbocycles. The highest BCUT2D eigenvalue weighted by molar-refractivity contribution is 6.20. The highest BCUT2D eigenvalue weighted by Crippen LogP contribution is 2.41. The molecule has 0 bridgehead atoms. The van der Waals surface area contributed by atoms with Crippen molar-refractivity contribution in [1.82, 2.24) is 9.55 Å². The quantitative estimate of drug-likeness (QED) is 0.725. The molecule has 2 aromatic rings. The molecule has 1 fully saturated rings. The van der Waals surface area contributed by atoms with Gasteiger partial charge in [-0.05, 0) is 38.8 Å². The van der Waals surface area contributed by atoms with Gasteiger partial charge in [0.05, 0.1) is 10.9 Å². The summed E-state index contributed by atoms with van der Waals surface area (Å²) >= 11 is 6.27. The van der Waals surface area contributed by atoms with Crippen LogP contribution in [0.15, 0.2) is 18.2 Å². The number of para-hydroxylation sites is 1. The molecule has 0 saturated heterocycles. The Labute approximate surface area is 117 Å². The lowest BCUT2D eigenvalue weighted by Crippen LogP contribution is -2.28. The van der Waals surface area contributed by atoms with Crippen molar-refractivity contribution in [2.24, 2.45) is 0 Å². The summed E-state index contributed by atoms with van der Waals surface area (Å²) < 4.78 is 16.1. The molecular weight excluding hydrogens is 263 g/mol. The van der Waals surface area contributed by atoms with Crippen molar-refractivity contribution < 1.29 is 4.39 Å². The van der Waals surface area contributed by atoms with Crippen molar-refractivity contribution in [3.05, 3.63) is 29.8 Å². The van der Waals surface area contributed by atoms with Crippen LogP contribution in [0.25, 0.3) is 11.0 Å². The van der Waals surface area contributed by atoms with Gasteiger partial charge in [-0.2, -0.15) is 0 Å². The van der Waals surface area contributed by atoms with Gasteiger partial charge in [-0.25, -0.2) is 9.37 Å². The predicted molar refractivity (Wildman–Crippen MR) is 76.1 cm³/mol. The predicted octanol–water partition coefficient (Wildman–Crippen LogP) is 4.76. The van der Waals surface area contributed by atoms with Gasteiger partial charge in [0.2, 0.25) is 0 Å². The molecule has 1 aromatic heterocycles. The summed E-state index contributed by atoms with van der Waals surface area (Å²) in [5.41, 5.74) is 1.33. The lowest BCUT2D eigenvalue weighted by atomic mass is 9.99. The molecule has 0 N–H and O–H groups in total. The SMILES string of the molecule is CC(Cl)c1nc2c(F)cccc2n1C1(C)CCCC1. The number of hydrogen-bond acceptors (Lipinski definition) is 1. The van der Waals surface area contributed by atoms with E-state index >= 15 is 0 Å². The van der Waals surface area contributed by atoms with Crippen LogP contribution < -0.4 is 0 Å². The number of fused-ring (bicyclic) bond motifs is 1. The number of benzene rings is 1. The van der Waals surface area contributed by atoms with Crippen LogP contribution in [0.3, 0.4) is 0 Å². The normalized spacial score (nSPS) is 20.0. The largest absolute Gasteiger partial charge is 0.321 e. The van der Waals surface area contributed by atoms with E-state index in [1.54, 1.807) is 6.07 Å². The monoisotopic (exact) mass is 280 g/mol. The molecule has 1 unspecified atom stereocenters. The molecule has 1 atom stereocenters. The number of imidazole rings is 1. The van der Waals surface area contributed by atoms with Crippen molar-refractivity contribution in [2.75, 3.05) is 0 Å². The van der Waals surface area contributed by atoms with Gasteiger partial charge in [-0.1, -0.05) is 18.9 Å². The third-order valence-electron chi connectivity index (χ3n) is 4.24. The molecule has 0 amide bonds. The first kappa shape index (κ1) is 12.9. The minimum absolute atomic E-state index is 0.0149. The van der Waals surface area contributed by atoms with Gasteiger partial charge in [0.15, 0.2) is 5.82 Å². The summed E-state index contributed by atoms with van der Waals surface area (Å²) in [6.45, 7) is 4.13. The molecule has 2 nitrogen and oxygen atoms in total. The Morgan fingerprint density at radius 1 is 1.37 bits per heavy atom. The topological polar surface area (TPSA) is 17.8 Å². The minimum Gasteiger partial charge on any atom is -0.321 e. The Morgan fingerprint density at radius 2 is 2.05 bits per heavy atom. The van der Waals surface area contributed by atoms with Crippen LogP contribution in [-0.4, -0.2) is 9.55 Å². The first-order valence-electron chi connectivity index (χ1n) is 6.84. The Kier molecular flexibility index (Phi) is 3.05. The lowest BCUT2D eigenvalue weighted by Gasteiger charge is -2.29. The van der Waals surface area contributed by atoms with E-state index in [1.165, 1.54) is 18.9 Å². The second-order valence-electron chi connectivity index (χ2n) is 5.73. The van der Waals surface area contributed by atoms with Gasteiger partial charge < -0.3 is 4.57 Å². The van der Waals surface area contributed by atoms with Gasteiger partial charge >= 0.3 is 0 Å². The molecule has 1 heterocycles. The molecule has 0 spiro atoms.